The van der Waals surface area contributed by atoms with Crippen molar-refractivity contribution in [2.45, 2.75) is 25.3 Å². The predicted molar refractivity (Wildman–Crippen MR) is 109 cm³/mol. The van der Waals surface area contributed by atoms with Gasteiger partial charge >= 0.3 is 0 Å². The molecule has 2 aliphatic heterocycles. The van der Waals surface area contributed by atoms with Crippen LogP contribution in [-0.2, 0) is 6.42 Å². The first-order chi connectivity index (χ1) is 13.2. The Balaban J connectivity index is 1.50. The molecule has 3 heterocycles. The summed E-state index contributed by atoms with van der Waals surface area (Å²) in [5, 5.41) is 0. The van der Waals surface area contributed by atoms with Gasteiger partial charge in [0.1, 0.15) is 11.7 Å². The third-order valence-electron chi connectivity index (χ3n) is 5.45. The molecule has 0 aliphatic carbocycles. The average molecular weight is 358 g/mol. The molecule has 27 heavy (non-hydrogen) atoms. The van der Waals surface area contributed by atoms with Gasteiger partial charge in [-0.2, -0.15) is 0 Å². The number of rotatable bonds is 2. The number of benzene rings is 2. The molecule has 0 radical (unpaired) electrons. The molecule has 5 rings (SSSR count). The van der Waals surface area contributed by atoms with Gasteiger partial charge in [0.15, 0.2) is 0 Å². The zero-order valence-corrected chi connectivity index (χ0v) is 15.1. The van der Waals surface area contributed by atoms with Gasteiger partial charge in [-0.3, -0.25) is 4.98 Å². The Hall–Kier alpha value is -2.99. The Labute approximate surface area is 157 Å². The molecule has 1 saturated heterocycles. The molecule has 2 aliphatic rings. The number of nitrogens with two attached hydrogens (primary N) is 2. The van der Waals surface area contributed by atoms with E-state index in [0.29, 0.717) is 11.9 Å². The van der Waals surface area contributed by atoms with E-state index in [4.69, 9.17) is 16.5 Å². The van der Waals surface area contributed by atoms with Crippen LogP contribution in [0.15, 0.2) is 47.6 Å². The largest absolute Gasteiger partial charge is 0.387 e. The van der Waals surface area contributed by atoms with Crippen LogP contribution >= 0.6 is 0 Å². The van der Waals surface area contributed by atoms with Gasteiger partial charge in [0, 0.05) is 25.6 Å². The molecule has 0 amide bonds. The van der Waals surface area contributed by atoms with Crippen LogP contribution in [0.5, 0.6) is 0 Å². The fraction of sp³-hybridized carbons (Fsp3) is 0.286. The number of aromatic nitrogens is 2. The van der Waals surface area contributed by atoms with Crippen molar-refractivity contribution >= 4 is 28.4 Å². The lowest BCUT2D eigenvalue weighted by atomic mass is 10.0. The zero-order chi connectivity index (χ0) is 18.4. The molecule has 0 spiro atoms. The fourth-order valence-corrected chi connectivity index (χ4v) is 3.85. The van der Waals surface area contributed by atoms with Crippen LogP contribution in [0.25, 0.3) is 22.2 Å². The number of nitrogens with zero attached hydrogens (tertiary/aromatic N) is 4. The van der Waals surface area contributed by atoms with Crippen LogP contribution < -0.4 is 16.4 Å². The molecule has 1 fully saturated rings. The monoisotopic (exact) mass is 358 g/mol. The summed E-state index contributed by atoms with van der Waals surface area (Å²) in [7, 11) is 0. The Morgan fingerprint density at radius 1 is 0.963 bits per heavy atom. The van der Waals surface area contributed by atoms with Crippen molar-refractivity contribution in [1.82, 2.24) is 9.97 Å². The van der Waals surface area contributed by atoms with Crippen molar-refractivity contribution in [3.63, 3.8) is 0 Å². The molecular formula is C21H22N6. The fourth-order valence-electron chi connectivity index (χ4n) is 3.85. The molecule has 0 saturated carbocycles. The van der Waals surface area contributed by atoms with Crippen molar-refractivity contribution < 1.29 is 0 Å². The summed E-state index contributed by atoms with van der Waals surface area (Å²) >= 11 is 0. The first-order valence-electron chi connectivity index (χ1n) is 9.39. The minimum absolute atomic E-state index is 0.303. The van der Waals surface area contributed by atoms with Gasteiger partial charge in [-0.1, -0.05) is 18.2 Å². The summed E-state index contributed by atoms with van der Waals surface area (Å²) < 4.78 is 0. The zero-order valence-electron chi connectivity index (χ0n) is 15.1. The van der Waals surface area contributed by atoms with E-state index in [1.807, 2.05) is 12.3 Å². The number of hydrogen-bond donors (Lipinski definition) is 2. The second-order valence-corrected chi connectivity index (χ2v) is 7.38. The van der Waals surface area contributed by atoms with Crippen LogP contribution in [0.2, 0.25) is 0 Å². The minimum Gasteiger partial charge on any atom is -0.387 e. The van der Waals surface area contributed by atoms with E-state index >= 15 is 0 Å². The molecule has 6 nitrogen and oxygen atoms in total. The molecule has 0 bridgehead atoms. The third kappa shape index (κ3) is 3.02. The Kier molecular flexibility index (Phi) is 3.79. The van der Waals surface area contributed by atoms with Gasteiger partial charge in [0.05, 0.1) is 22.9 Å². The van der Waals surface area contributed by atoms with E-state index in [1.54, 1.807) is 0 Å². The van der Waals surface area contributed by atoms with Crippen molar-refractivity contribution in [2.24, 2.45) is 16.5 Å². The maximum absolute atomic E-state index is 6.02. The van der Waals surface area contributed by atoms with Gasteiger partial charge in [0.2, 0.25) is 0 Å². The van der Waals surface area contributed by atoms with Crippen LogP contribution in [0, 0.1) is 0 Å². The Bertz CT molecular complexity index is 1050. The van der Waals surface area contributed by atoms with Gasteiger partial charge < -0.3 is 16.4 Å². The Morgan fingerprint density at radius 2 is 1.74 bits per heavy atom. The molecule has 1 aromatic heterocycles. The average Bonchev–Trinajstić information content (AvgIpc) is 3.07. The van der Waals surface area contributed by atoms with Gasteiger partial charge in [-0.25, -0.2) is 9.98 Å². The normalized spacial score (nSPS) is 17.2. The summed E-state index contributed by atoms with van der Waals surface area (Å²) in [4.78, 5) is 16.2. The summed E-state index contributed by atoms with van der Waals surface area (Å²) in [6.45, 7) is 1.87. The highest BCUT2D eigenvalue weighted by Gasteiger charge is 2.18. The third-order valence-corrected chi connectivity index (χ3v) is 5.45. The van der Waals surface area contributed by atoms with Gasteiger partial charge in [-0.05, 0) is 47.7 Å². The summed E-state index contributed by atoms with van der Waals surface area (Å²) in [6, 6.07) is 12.8. The minimum atomic E-state index is 0.303. The van der Waals surface area contributed by atoms with Crippen LogP contribution in [-0.4, -0.2) is 34.9 Å². The molecule has 136 valence electrons. The van der Waals surface area contributed by atoms with Crippen LogP contribution in [0.3, 0.4) is 0 Å². The van der Waals surface area contributed by atoms with E-state index < -0.39 is 0 Å². The highest BCUT2D eigenvalue weighted by molar-refractivity contribution is 5.92. The number of fused-ring (bicyclic) bond motifs is 2. The number of aliphatic imine (C=N–C) groups is 1. The smallest absolute Gasteiger partial charge is 0.147 e. The van der Waals surface area contributed by atoms with Crippen LogP contribution in [0.1, 0.15) is 18.4 Å². The lowest BCUT2D eigenvalue weighted by Gasteiger charge is -2.30. The topological polar surface area (TPSA) is 93.4 Å². The predicted octanol–water partition coefficient (Wildman–Crippen LogP) is 2.77. The second-order valence-electron chi connectivity index (χ2n) is 7.38. The number of piperidine rings is 1. The Morgan fingerprint density at radius 3 is 2.59 bits per heavy atom. The standard InChI is InChI=1S/C21H22N6/c22-16-5-7-27(8-6-16)21-12-24-17-4-3-14(10-19(17)26-21)13-1-2-15-11-20(23)25-18(15)9-13/h1-4,9-10,12,16H,5-8,11,22H2,(H2,23,25). The molecule has 0 atom stereocenters. The highest BCUT2D eigenvalue weighted by atomic mass is 15.2. The van der Waals surface area contributed by atoms with Gasteiger partial charge in [-0.15, -0.1) is 0 Å². The lowest BCUT2D eigenvalue weighted by molar-refractivity contribution is 0.498. The van der Waals surface area contributed by atoms with E-state index in [1.165, 1.54) is 5.56 Å². The lowest BCUT2D eigenvalue weighted by Crippen LogP contribution is -2.40. The number of anilines is 1. The molecule has 3 aromatic rings. The SMILES string of the molecule is NC1=Nc2cc(-c3ccc4ncc(N5CCC(N)CC5)nc4c3)ccc2C1. The molecular weight excluding hydrogens is 336 g/mol. The molecule has 2 aromatic carbocycles. The molecule has 0 unspecified atom stereocenters. The number of amidine groups is 1. The molecule has 6 heteroatoms. The maximum Gasteiger partial charge on any atom is 0.147 e. The summed E-state index contributed by atoms with van der Waals surface area (Å²) in [5.74, 6) is 1.61. The van der Waals surface area contributed by atoms with Crippen molar-refractivity contribution in [3.8, 4) is 11.1 Å². The van der Waals surface area contributed by atoms with Gasteiger partial charge in [0.25, 0.3) is 0 Å². The van der Waals surface area contributed by atoms with Crippen molar-refractivity contribution in [3.05, 3.63) is 48.2 Å². The molecule has 4 N–H and O–H groups in total. The first-order valence-corrected chi connectivity index (χ1v) is 9.39. The highest BCUT2D eigenvalue weighted by Crippen LogP contribution is 2.32. The van der Waals surface area contributed by atoms with Crippen molar-refractivity contribution in [1.29, 1.82) is 0 Å². The van der Waals surface area contributed by atoms with E-state index in [9.17, 15) is 0 Å². The summed E-state index contributed by atoms with van der Waals surface area (Å²) in [6.07, 6.45) is 4.60. The van der Waals surface area contributed by atoms with E-state index in [0.717, 1.165) is 66.0 Å². The van der Waals surface area contributed by atoms with Crippen LogP contribution in [0.4, 0.5) is 11.5 Å². The van der Waals surface area contributed by atoms with E-state index in [2.05, 4.69) is 45.2 Å². The summed E-state index contributed by atoms with van der Waals surface area (Å²) in [5.41, 5.74) is 18.1. The maximum atomic E-state index is 6.02. The van der Waals surface area contributed by atoms with E-state index in [-0.39, 0.29) is 0 Å². The van der Waals surface area contributed by atoms with Crippen molar-refractivity contribution in [2.75, 3.05) is 18.0 Å². The number of hydrogen-bond acceptors (Lipinski definition) is 6. The quantitative estimate of drug-likeness (QED) is 0.735. The first kappa shape index (κ1) is 16.2. The second kappa shape index (κ2) is 6.32.